The smallest absolute Gasteiger partial charge is 0.341 e. The maximum absolute atomic E-state index is 10.5. The van der Waals surface area contributed by atoms with Gasteiger partial charge in [0.1, 0.15) is 17.8 Å². The molecular formula is C9H7ClN4O3. The summed E-state index contributed by atoms with van der Waals surface area (Å²) in [5.74, 6) is -0.778. The van der Waals surface area contributed by atoms with Gasteiger partial charge in [-0.3, -0.25) is 0 Å². The number of hydrogen-bond donors (Lipinski definition) is 1. The molecule has 0 aliphatic heterocycles. The highest BCUT2D eigenvalue weighted by atomic mass is 35.5. The van der Waals surface area contributed by atoms with E-state index in [1.54, 1.807) is 12.1 Å². The Morgan fingerprint density at radius 2 is 2.35 bits per heavy atom. The third kappa shape index (κ3) is 2.70. The standard InChI is InChI=1S/C9H7ClN4O3/c10-6-1-2-7(14-5-11-12-13-14)8(3-6)17-4-9(15)16/h1-3,5H,4H2,(H,15,16). The van der Waals surface area contributed by atoms with Crippen LogP contribution < -0.4 is 4.74 Å². The molecule has 0 aliphatic rings. The molecule has 17 heavy (non-hydrogen) atoms. The average Bonchev–Trinajstić information content (AvgIpc) is 2.80. The van der Waals surface area contributed by atoms with Gasteiger partial charge in [0.15, 0.2) is 6.61 Å². The number of halogens is 1. The maximum Gasteiger partial charge on any atom is 0.341 e. The summed E-state index contributed by atoms with van der Waals surface area (Å²) in [6, 6.07) is 4.77. The van der Waals surface area contributed by atoms with Crippen LogP contribution in [0, 0.1) is 0 Å². The van der Waals surface area contributed by atoms with Crippen molar-refractivity contribution in [2.45, 2.75) is 0 Å². The number of carbonyl (C=O) groups is 1. The molecule has 0 amide bonds. The van der Waals surface area contributed by atoms with E-state index in [1.165, 1.54) is 17.1 Å². The molecule has 1 N–H and O–H groups in total. The lowest BCUT2D eigenvalue weighted by molar-refractivity contribution is -0.139. The Bertz CT molecular complexity index is 529. The van der Waals surface area contributed by atoms with Crippen LogP contribution in [0.5, 0.6) is 5.75 Å². The Balaban J connectivity index is 2.34. The molecule has 0 unspecified atom stereocenters. The minimum absolute atomic E-state index is 0.298. The number of aromatic nitrogens is 4. The molecule has 88 valence electrons. The van der Waals surface area contributed by atoms with Crippen LogP contribution in [0.4, 0.5) is 0 Å². The summed E-state index contributed by atoms with van der Waals surface area (Å²) < 4.78 is 6.46. The molecule has 0 spiro atoms. The summed E-state index contributed by atoms with van der Waals surface area (Å²) in [4.78, 5) is 10.5. The van der Waals surface area contributed by atoms with Crippen LogP contribution in [-0.2, 0) is 4.79 Å². The van der Waals surface area contributed by atoms with E-state index in [9.17, 15) is 4.79 Å². The van der Waals surface area contributed by atoms with Crippen LogP contribution in [0.15, 0.2) is 24.5 Å². The number of carboxylic acid groups (broad SMARTS) is 1. The monoisotopic (exact) mass is 254 g/mol. The van der Waals surface area contributed by atoms with Crippen molar-refractivity contribution in [2.24, 2.45) is 0 Å². The van der Waals surface area contributed by atoms with Gasteiger partial charge in [-0.2, -0.15) is 4.68 Å². The van der Waals surface area contributed by atoms with Crippen LogP contribution in [0.3, 0.4) is 0 Å². The SMILES string of the molecule is O=C(O)COc1cc(Cl)ccc1-n1cnnn1. The van der Waals surface area contributed by atoms with Crippen molar-refractivity contribution in [3.8, 4) is 11.4 Å². The number of tetrazole rings is 1. The Labute approximate surface area is 101 Å². The second-order valence-electron chi connectivity index (χ2n) is 3.05. The Morgan fingerprint density at radius 3 is 3.00 bits per heavy atom. The molecule has 1 aromatic heterocycles. The zero-order valence-corrected chi connectivity index (χ0v) is 9.20. The number of hydrogen-bond acceptors (Lipinski definition) is 5. The topological polar surface area (TPSA) is 90.1 Å². The fourth-order valence-electron chi connectivity index (χ4n) is 1.20. The molecule has 2 rings (SSSR count). The van der Waals surface area contributed by atoms with Crippen molar-refractivity contribution >= 4 is 17.6 Å². The Morgan fingerprint density at radius 1 is 1.53 bits per heavy atom. The first-order valence-corrected chi connectivity index (χ1v) is 4.92. The lowest BCUT2D eigenvalue weighted by Gasteiger charge is -2.09. The highest BCUT2D eigenvalue weighted by Crippen LogP contribution is 2.25. The molecule has 0 saturated carbocycles. The van der Waals surface area contributed by atoms with Crippen LogP contribution in [0.2, 0.25) is 5.02 Å². The van der Waals surface area contributed by atoms with Crippen LogP contribution in [0.25, 0.3) is 5.69 Å². The van der Waals surface area contributed by atoms with E-state index in [4.69, 9.17) is 21.4 Å². The maximum atomic E-state index is 10.5. The first-order chi connectivity index (χ1) is 8.16. The molecule has 0 saturated heterocycles. The second-order valence-corrected chi connectivity index (χ2v) is 3.49. The number of rotatable bonds is 4. The van der Waals surface area contributed by atoms with Gasteiger partial charge >= 0.3 is 5.97 Å². The lowest BCUT2D eigenvalue weighted by atomic mass is 10.3. The minimum Gasteiger partial charge on any atom is -0.480 e. The van der Waals surface area contributed by atoms with Gasteiger partial charge in [0.2, 0.25) is 0 Å². The highest BCUT2D eigenvalue weighted by Gasteiger charge is 2.09. The van der Waals surface area contributed by atoms with Crippen molar-refractivity contribution in [1.29, 1.82) is 0 Å². The number of carboxylic acids is 1. The normalized spacial score (nSPS) is 10.2. The van der Waals surface area contributed by atoms with Crippen molar-refractivity contribution in [1.82, 2.24) is 20.2 Å². The summed E-state index contributed by atoms with van der Waals surface area (Å²) >= 11 is 5.81. The summed E-state index contributed by atoms with van der Waals surface area (Å²) in [7, 11) is 0. The number of benzene rings is 1. The number of aliphatic carboxylic acids is 1. The van der Waals surface area contributed by atoms with Crippen molar-refractivity contribution in [3.63, 3.8) is 0 Å². The van der Waals surface area contributed by atoms with E-state index in [1.807, 2.05) is 0 Å². The fourth-order valence-corrected chi connectivity index (χ4v) is 1.37. The predicted molar refractivity (Wildman–Crippen MR) is 57.3 cm³/mol. The van der Waals surface area contributed by atoms with Gasteiger partial charge < -0.3 is 9.84 Å². The molecule has 8 heteroatoms. The molecule has 0 radical (unpaired) electrons. The van der Waals surface area contributed by atoms with E-state index in [2.05, 4.69) is 15.5 Å². The molecule has 0 atom stereocenters. The van der Waals surface area contributed by atoms with Crippen molar-refractivity contribution < 1.29 is 14.6 Å². The van der Waals surface area contributed by atoms with Crippen LogP contribution >= 0.6 is 11.6 Å². The Hall–Kier alpha value is -2.15. The molecule has 0 aliphatic carbocycles. The van der Waals surface area contributed by atoms with Gasteiger partial charge in [-0.1, -0.05) is 11.6 Å². The molecule has 7 nitrogen and oxygen atoms in total. The molecule has 2 aromatic rings. The summed E-state index contributed by atoms with van der Waals surface area (Å²) in [6.07, 6.45) is 1.37. The van der Waals surface area contributed by atoms with E-state index in [0.717, 1.165) is 0 Å². The zero-order chi connectivity index (χ0) is 12.3. The summed E-state index contributed by atoms with van der Waals surface area (Å²) in [5, 5.41) is 19.7. The molecule has 1 heterocycles. The van der Waals surface area contributed by atoms with Crippen molar-refractivity contribution in [2.75, 3.05) is 6.61 Å². The molecule has 0 bridgehead atoms. The molecular weight excluding hydrogens is 248 g/mol. The van der Waals surface area contributed by atoms with Gasteiger partial charge in [-0.05, 0) is 22.6 Å². The third-order valence-electron chi connectivity index (χ3n) is 1.87. The minimum atomic E-state index is -1.08. The first-order valence-electron chi connectivity index (χ1n) is 4.54. The predicted octanol–water partition coefficient (Wildman–Crippen LogP) is 0.779. The van der Waals surface area contributed by atoms with E-state index < -0.39 is 12.6 Å². The number of nitrogens with zero attached hydrogens (tertiary/aromatic N) is 4. The van der Waals surface area contributed by atoms with Crippen molar-refractivity contribution in [3.05, 3.63) is 29.5 Å². The fraction of sp³-hybridized carbons (Fsp3) is 0.111. The highest BCUT2D eigenvalue weighted by molar-refractivity contribution is 6.30. The van der Waals surface area contributed by atoms with Gasteiger partial charge in [0, 0.05) is 11.1 Å². The van der Waals surface area contributed by atoms with E-state index >= 15 is 0 Å². The molecule has 0 fully saturated rings. The Kier molecular flexibility index (Phi) is 3.20. The lowest BCUT2D eigenvalue weighted by Crippen LogP contribution is -2.11. The summed E-state index contributed by atoms with van der Waals surface area (Å²) in [6.45, 7) is -0.463. The third-order valence-corrected chi connectivity index (χ3v) is 2.10. The second kappa shape index (κ2) is 4.79. The zero-order valence-electron chi connectivity index (χ0n) is 8.45. The van der Waals surface area contributed by atoms with Crippen LogP contribution in [0.1, 0.15) is 0 Å². The van der Waals surface area contributed by atoms with Gasteiger partial charge in [-0.25, -0.2) is 4.79 Å². The quantitative estimate of drug-likeness (QED) is 0.867. The largest absolute Gasteiger partial charge is 0.480 e. The van der Waals surface area contributed by atoms with E-state index in [0.29, 0.717) is 16.5 Å². The van der Waals surface area contributed by atoms with E-state index in [-0.39, 0.29) is 0 Å². The van der Waals surface area contributed by atoms with Gasteiger partial charge in [-0.15, -0.1) is 5.10 Å². The number of ether oxygens (including phenoxy) is 1. The molecule has 1 aromatic carbocycles. The van der Waals surface area contributed by atoms with Gasteiger partial charge in [0.05, 0.1) is 0 Å². The summed E-state index contributed by atoms with van der Waals surface area (Å²) in [5.41, 5.74) is 0.514. The first kappa shape index (κ1) is 11.3. The van der Waals surface area contributed by atoms with Gasteiger partial charge in [0.25, 0.3) is 0 Å². The average molecular weight is 255 g/mol. The van der Waals surface area contributed by atoms with Crippen LogP contribution in [-0.4, -0.2) is 37.9 Å².